The maximum absolute atomic E-state index is 12.7. The van der Waals surface area contributed by atoms with Crippen molar-refractivity contribution in [2.24, 2.45) is 0 Å². The zero-order valence-corrected chi connectivity index (χ0v) is 16.0. The van der Waals surface area contributed by atoms with Crippen LogP contribution < -0.4 is 4.90 Å². The minimum Gasteiger partial charge on any atom is -0.293 e. The molecule has 0 atom stereocenters. The minimum atomic E-state index is -0.0624. The molecular formula is C19H22N2O2S2. The predicted octanol–water partition coefficient (Wildman–Crippen LogP) is 4.57. The van der Waals surface area contributed by atoms with Gasteiger partial charge >= 0.3 is 0 Å². The van der Waals surface area contributed by atoms with Gasteiger partial charge in [0.2, 0.25) is 5.91 Å². The van der Waals surface area contributed by atoms with E-state index < -0.39 is 0 Å². The van der Waals surface area contributed by atoms with Crippen molar-refractivity contribution in [2.75, 3.05) is 11.4 Å². The van der Waals surface area contributed by atoms with Crippen molar-refractivity contribution in [3.63, 3.8) is 0 Å². The van der Waals surface area contributed by atoms with Crippen LogP contribution in [-0.2, 0) is 17.6 Å². The van der Waals surface area contributed by atoms with E-state index in [9.17, 15) is 9.59 Å². The van der Waals surface area contributed by atoms with Gasteiger partial charge in [0.15, 0.2) is 10.9 Å². The summed E-state index contributed by atoms with van der Waals surface area (Å²) >= 11 is 3.09. The van der Waals surface area contributed by atoms with Gasteiger partial charge in [-0.3, -0.25) is 14.5 Å². The third-order valence-corrected chi connectivity index (χ3v) is 6.48. The number of anilines is 1. The van der Waals surface area contributed by atoms with E-state index in [1.807, 2.05) is 19.1 Å². The molecule has 3 rings (SSSR count). The Morgan fingerprint density at radius 3 is 2.72 bits per heavy atom. The first-order valence-corrected chi connectivity index (χ1v) is 10.2. The van der Waals surface area contributed by atoms with Crippen LogP contribution in [0, 0.1) is 6.92 Å². The number of carbonyl (C=O) groups excluding carboxylic acids is 2. The number of thiophene rings is 1. The normalized spacial score (nSPS) is 13.3. The van der Waals surface area contributed by atoms with E-state index >= 15 is 0 Å². The average molecular weight is 375 g/mol. The number of aromatic nitrogens is 1. The van der Waals surface area contributed by atoms with Crippen molar-refractivity contribution in [1.29, 1.82) is 0 Å². The average Bonchev–Trinajstić information content (AvgIpc) is 3.23. The Hall–Kier alpha value is -1.79. The second-order valence-electron chi connectivity index (χ2n) is 6.20. The van der Waals surface area contributed by atoms with Gasteiger partial charge in [-0.2, -0.15) is 0 Å². The molecule has 0 aromatic carbocycles. The number of fused-ring (bicyclic) bond motifs is 1. The van der Waals surface area contributed by atoms with Crippen molar-refractivity contribution in [2.45, 2.75) is 45.4 Å². The summed E-state index contributed by atoms with van der Waals surface area (Å²) in [6.07, 6.45) is 6.56. The van der Waals surface area contributed by atoms with Gasteiger partial charge in [-0.15, -0.1) is 29.3 Å². The lowest BCUT2D eigenvalue weighted by molar-refractivity contribution is -0.118. The molecule has 1 aliphatic rings. The smallest absolute Gasteiger partial charge is 0.229 e. The topological polar surface area (TPSA) is 50.3 Å². The molecule has 1 aliphatic carbocycles. The number of amides is 1. The van der Waals surface area contributed by atoms with E-state index in [0.29, 0.717) is 6.54 Å². The van der Waals surface area contributed by atoms with Crippen LogP contribution in [0.1, 0.15) is 50.8 Å². The van der Waals surface area contributed by atoms with Crippen LogP contribution in [0.15, 0.2) is 24.8 Å². The van der Waals surface area contributed by atoms with E-state index in [2.05, 4.69) is 11.6 Å². The molecule has 0 spiro atoms. The van der Waals surface area contributed by atoms with Gasteiger partial charge < -0.3 is 0 Å². The molecule has 25 heavy (non-hydrogen) atoms. The molecule has 2 aromatic rings. The molecule has 132 valence electrons. The molecule has 2 heterocycles. The summed E-state index contributed by atoms with van der Waals surface area (Å²) in [5, 5.41) is 0.746. The Morgan fingerprint density at radius 2 is 2.04 bits per heavy atom. The van der Waals surface area contributed by atoms with Crippen molar-refractivity contribution in [3.05, 3.63) is 45.1 Å². The zero-order chi connectivity index (χ0) is 17.8. The largest absolute Gasteiger partial charge is 0.293 e. The van der Waals surface area contributed by atoms with Crippen LogP contribution >= 0.6 is 22.7 Å². The fraction of sp³-hybridized carbons (Fsp3) is 0.421. The molecule has 0 saturated heterocycles. The first-order valence-electron chi connectivity index (χ1n) is 8.58. The molecular weight excluding hydrogens is 352 g/mol. The Balaban J connectivity index is 1.67. The molecule has 2 aromatic heterocycles. The molecule has 6 heteroatoms. The van der Waals surface area contributed by atoms with E-state index in [1.54, 1.807) is 22.3 Å². The zero-order valence-electron chi connectivity index (χ0n) is 14.4. The van der Waals surface area contributed by atoms with Gasteiger partial charge in [0, 0.05) is 29.1 Å². The van der Waals surface area contributed by atoms with E-state index in [-0.39, 0.29) is 24.5 Å². The first-order chi connectivity index (χ1) is 12.1. The number of rotatable bonds is 7. The van der Waals surface area contributed by atoms with Crippen molar-refractivity contribution in [3.8, 4) is 0 Å². The van der Waals surface area contributed by atoms with Crippen molar-refractivity contribution >= 4 is 39.5 Å². The van der Waals surface area contributed by atoms with E-state index in [4.69, 9.17) is 0 Å². The lowest BCUT2D eigenvalue weighted by atomic mass is 10.0. The fourth-order valence-corrected chi connectivity index (χ4v) is 4.94. The number of thiazole rings is 1. The van der Waals surface area contributed by atoms with Crippen LogP contribution in [0.3, 0.4) is 0 Å². The number of ketones is 1. The molecule has 0 bridgehead atoms. The monoisotopic (exact) mass is 374 g/mol. The summed E-state index contributed by atoms with van der Waals surface area (Å²) in [5.41, 5.74) is 1.14. The molecule has 1 amide bonds. The minimum absolute atomic E-state index is 0.0310. The standard InChI is InChI=1S/C19H22N2O2S2/c1-3-12-21(19-20-14-6-4-5-7-16(14)25-19)18(23)11-9-15(22)17-10-8-13(2)24-17/h3,8,10H,1,4-7,9,11-12H2,2H3. The van der Waals surface area contributed by atoms with Gasteiger partial charge in [-0.1, -0.05) is 6.08 Å². The molecule has 0 fully saturated rings. The fourth-order valence-electron chi connectivity index (χ4n) is 2.93. The lowest BCUT2D eigenvalue weighted by Gasteiger charge is -2.17. The number of hydrogen-bond acceptors (Lipinski definition) is 5. The Morgan fingerprint density at radius 1 is 1.24 bits per heavy atom. The quantitative estimate of drug-likeness (QED) is 0.527. The number of hydrogen-bond donors (Lipinski definition) is 0. The molecule has 0 radical (unpaired) electrons. The molecule has 0 N–H and O–H groups in total. The first kappa shape index (κ1) is 18.0. The molecule has 4 nitrogen and oxygen atoms in total. The summed E-state index contributed by atoms with van der Waals surface area (Å²) in [7, 11) is 0. The summed E-state index contributed by atoms with van der Waals surface area (Å²) in [6.45, 7) is 6.16. The molecule has 0 aliphatic heterocycles. The summed E-state index contributed by atoms with van der Waals surface area (Å²) in [6, 6.07) is 3.77. The third-order valence-electron chi connectivity index (χ3n) is 4.26. The van der Waals surface area contributed by atoms with Crippen LogP contribution in [-0.4, -0.2) is 23.2 Å². The summed E-state index contributed by atoms with van der Waals surface area (Å²) in [4.78, 5) is 34.4. The highest BCUT2D eigenvalue weighted by Gasteiger charge is 2.23. The van der Waals surface area contributed by atoms with Crippen LogP contribution in [0.4, 0.5) is 5.13 Å². The van der Waals surface area contributed by atoms with Crippen LogP contribution in [0.5, 0.6) is 0 Å². The number of aryl methyl sites for hydroxylation is 3. The van der Waals surface area contributed by atoms with E-state index in [1.165, 1.54) is 29.1 Å². The highest BCUT2D eigenvalue weighted by molar-refractivity contribution is 7.16. The predicted molar refractivity (Wildman–Crippen MR) is 104 cm³/mol. The SMILES string of the molecule is C=CCN(C(=O)CCC(=O)c1ccc(C)s1)c1nc2c(s1)CCCC2. The maximum atomic E-state index is 12.7. The second-order valence-corrected chi connectivity index (χ2v) is 8.55. The summed E-state index contributed by atoms with van der Waals surface area (Å²) < 4.78 is 0. The van der Waals surface area contributed by atoms with Gasteiger partial charge in [0.25, 0.3) is 0 Å². The Bertz CT molecular complexity index is 768. The second kappa shape index (κ2) is 8.06. The number of nitrogens with zero attached hydrogens (tertiary/aromatic N) is 2. The summed E-state index contributed by atoms with van der Waals surface area (Å²) in [5.74, 6) is -0.0314. The van der Waals surface area contributed by atoms with Gasteiger partial charge in [0.1, 0.15) is 0 Å². The van der Waals surface area contributed by atoms with E-state index in [0.717, 1.165) is 33.4 Å². The molecule has 0 saturated carbocycles. The number of carbonyl (C=O) groups is 2. The Kier molecular flexibility index (Phi) is 5.81. The highest BCUT2D eigenvalue weighted by Crippen LogP contribution is 2.32. The third kappa shape index (κ3) is 4.25. The van der Waals surface area contributed by atoms with Crippen molar-refractivity contribution < 1.29 is 9.59 Å². The van der Waals surface area contributed by atoms with Gasteiger partial charge in [-0.05, 0) is 44.7 Å². The maximum Gasteiger partial charge on any atom is 0.229 e. The molecule has 0 unspecified atom stereocenters. The van der Waals surface area contributed by atoms with Gasteiger partial charge in [-0.25, -0.2) is 4.98 Å². The van der Waals surface area contributed by atoms with Crippen LogP contribution in [0.2, 0.25) is 0 Å². The number of Topliss-reactive ketones (excluding diaryl/α,β-unsaturated/α-hetero) is 1. The highest BCUT2D eigenvalue weighted by atomic mass is 32.1. The Labute approximate surface area is 156 Å². The lowest BCUT2D eigenvalue weighted by Crippen LogP contribution is -2.31. The van der Waals surface area contributed by atoms with Gasteiger partial charge in [0.05, 0.1) is 10.6 Å². The van der Waals surface area contributed by atoms with Crippen LogP contribution in [0.25, 0.3) is 0 Å². The van der Waals surface area contributed by atoms with Crippen molar-refractivity contribution in [1.82, 2.24) is 4.98 Å².